The van der Waals surface area contributed by atoms with Gasteiger partial charge in [0.2, 0.25) is 11.8 Å². The molecule has 5 heterocycles. The Morgan fingerprint density at radius 3 is 2.72 bits per heavy atom. The van der Waals surface area contributed by atoms with E-state index in [2.05, 4.69) is 40.6 Å². The van der Waals surface area contributed by atoms with E-state index in [1.165, 1.54) is 0 Å². The molecule has 5 aromatic heterocycles. The van der Waals surface area contributed by atoms with E-state index in [0.717, 1.165) is 17.1 Å². The predicted octanol–water partition coefficient (Wildman–Crippen LogP) is 3.47. The summed E-state index contributed by atoms with van der Waals surface area (Å²) in [7, 11) is 1.55. The van der Waals surface area contributed by atoms with Gasteiger partial charge in [-0.25, -0.2) is 0 Å². The molecule has 0 spiro atoms. The quantitative estimate of drug-likeness (QED) is 0.416. The second-order valence-corrected chi connectivity index (χ2v) is 6.99. The minimum absolute atomic E-state index is 0.396. The van der Waals surface area contributed by atoms with E-state index in [1.54, 1.807) is 30.1 Å². The number of H-pyrrole nitrogens is 1. The molecule has 0 unspecified atom stereocenters. The lowest BCUT2D eigenvalue weighted by atomic mass is 10.2. The minimum Gasteiger partial charge on any atom is -0.481 e. The Kier molecular flexibility index (Phi) is 4.82. The van der Waals surface area contributed by atoms with E-state index in [4.69, 9.17) is 9.26 Å². The van der Waals surface area contributed by atoms with Gasteiger partial charge >= 0.3 is 0 Å². The molecule has 5 aromatic rings. The summed E-state index contributed by atoms with van der Waals surface area (Å²) in [6.07, 6.45) is 5.10. The van der Waals surface area contributed by atoms with Gasteiger partial charge in [0.05, 0.1) is 18.5 Å². The van der Waals surface area contributed by atoms with Gasteiger partial charge in [-0.1, -0.05) is 5.16 Å². The van der Waals surface area contributed by atoms with E-state index in [0.29, 0.717) is 40.6 Å². The highest BCUT2D eigenvalue weighted by atomic mass is 16.5. The molecule has 0 aliphatic rings. The SMILES string of the molecule is COc1cc(Nc2cc(C)[nH]n2)nc(-n2cccc2-c2cc(-c3nccnc3C)no2)n1. The number of methoxy groups -OCH3 is 1. The summed E-state index contributed by atoms with van der Waals surface area (Å²) in [6, 6.07) is 9.15. The highest BCUT2D eigenvalue weighted by molar-refractivity contribution is 5.65. The van der Waals surface area contributed by atoms with Crippen LogP contribution in [0.15, 0.2) is 53.4 Å². The number of nitrogens with zero attached hydrogens (tertiary/aromatic N) is 7. The number of aromatic nitrogens is 8. The average molecular weight is 429 g/mol. The molecule has 0 aromatic carbocycles. The summed E-state index contributed by atoms with van der Waals surface area (Å²) >= 11 is 0. The third kappa shape index (κ3) is 3.67. The monoisotopic (exact) mass is 429 g/mol. The highest BCUT2D eigenvalue weighted by Crippen LogP contribution is 2.29. The van der Waals surface area contributed by atoms with Crippen molar-refractivity contribution >= 4 is 11.6 Å². The lowest BCUT2D eigenvalue weighted by molar-refractivity contribution is 0.396. The second-order valence-electron chi connectivity index (χ2n) is 6.99. The zero-order valence-corrected chi connectivity index (χ0v) is 17.6. The van der Waals surface area contributed by atoms with Crippen molar-refractivity contribution < 1.29 is 9.26 Å². The van der Waals surface area contributed by atoms with Gasteiger partial charge in [0.15, 0.2) is 11.6 Å². The first kappa shape index (κ1) is 19.4. The van der Waals surface area contributed by atoms with Crippen molar-refractivity contribution in [1.82, 2.24) is 39.9 Å². The van der Waals surface area contributed by atoms with Crippen LogP contribution in [0.4, 0.5) is 11.6 Å². The van der Waals surface area contributed by atoms with Gasteiger partial charge < -0.3 is 14.6 Å². The first-order chi connectivity index (χ1) is 15.6. The Bertz CT molecular complexity index is 1390. The molecule has 0 bridgehead atoms. The second kappa shape index (κ2) is 7.95. The number of aromatic amines is 1. The van der Waals surface area contributed by atoms with Crippen LogP contribution in [0.3, 0.4) is 0 Å². The maximum atomic E-state index is 5.61. The van der Waals surface area contributed by atoms with Gasteiger partial charge in [-0.15, -0.1) is 0 Å². The van der Waals surface area contributed by atoms with Crippen LogP contribution in [0.25, 0.3) is 28.8 Å². The Morgan fingerprint density at radius 1 is 1.06 bits per heavy atom. The summed E-state index contributed by atoms with van der Waals surface area (Å²) in [4.78, 5) is 17.7. The maximum Gasteiger partial charge on any atom is 0.239 e. The van der Waals surface area contributed by atoms with Gasteiger partial charge in [0.1, 0.15) is 17.2 Å². The number of anilines is 2. The van der Waals surface area contributed by atoms with E-state index >= 15 is 0 Å². The largest absolute Gasteiger partial charge is 0.481 e. The standard InChI is InChI=1S/C21H19N9O2/c1-12-9-18(28-27-12)24-17-11-19(31-3)26-21(25-17)30-8-4-5-15(30)16-10-14(29-32-16)20-13(2)22-6-7-23-20/h4-11H,1-3H3,(H2,24,25,26,27,28). The number of hydrogen-bond acceptors (Lipinski definition) is 9. The molecule has 0 fully saturated rings. The van der Waals surface area contributed by atoms with Crippen molar-refractivity contribution in [3.05, 3.63) is 60.3 Å². The fourth-order valence-electron chi connectivity index (χ4n) is 3.23. The molecule has 0 saturated carbocycles. The molecule has 5 rings (SSSR count). The molecule has 0 saturated heterocycles. The van der Waals surface area contributed by atoms with Crippen molar-refractivity contribution in [2.45, 2.75) is 13.8 Å². The molecule has 0 radical (unpaired) electrons. The molecular weight excluding hydrogens is 410 g/mol. The first-order valence-corrected chi connectivity index (χ1v) is 9.75. The van der Waals surface area contributed by atoms with Crippen LogP contribution in [0.2, 0.25) is 0 Å². The van der Waals surface area contributed by atoms with E-state index in [9.17, 15) is 0 Å². The molecule has 0 aliphatic carbocycles. The molecule has 160 valence electrons. The van der Waals surface area contributed by atoms with Gasteiger partial charge in [-0.3, -0.25) is 19.6 Å². The van der Waals surface area contributed by atoms with Gasteiger partial charge in [0, 0.05) is 42.5 Å². The Labute approximate surface area is 182 Å². The fourth-order valence-corrected chi connectivity index (χ4v) is 3.23. The van der Waals surface area contributed by atoms with Crippen LogP contribution in [-0.2, 0) is 0 Å². The van der Waals surface area contributed by atoms with Crippen molar-refractivity contribution in [1.29, 1.82) is 0 Å². The smallest absolute Gasteiger partial charge is 0.239 e. The molecule has 2 N–H and O–H groups in total. The topological polar surface area (TPSA) is 132 Å². The highest BCUT2D eigenvalue weighted by Gasteiger charge is 2.17. The summed E-state index contributed by atoms with van der Waals surface area (Å²) in [5.41, 5.74) is 3.68. The summed E-state index contributed by atoms with van der Waals surface area (Å²) in [6.45, 7) is 3.79. The first-order valence-electron chi connectivity index (χ1n) is 9.75. The zero-order chi connectivity index (χ0) is 22.1. The maximum absolute atomic E-state index is 5.61. The number of hydrogen-bond donors (Lipinski definition) is 2. The molecular formula is C21H19N9O2. The minimum atomic E-state index is 0.396. The molecule has 11 heteroatoms. The van der Waals surface area contributed by atoms with Crippen molar-refractivity contribution in [2.24, 2.45) is 0 Å². The van der Waals surface area contributed by atoms with Crippen LogP contribution < -0.4 is 10.1 Å². The van der Waals surface area contributed by atoms with Gasteiger partial charge in [-0.05, 0) is 26.0 Å². The Hall–Kier alpha value is -4.54. The number of ether oxygens (including phenoxy) is 1. The zero-order valence-electron chi connectivity index (χ0n) is 17.6. The third-order valence-electron chi connectivity index (χ3n) is 4.71. The van der Waals surface area contributed by atoms with Gasteiger partial charge in [0.25, 0.3) is 0 Å². The molecule has 32 heavy (non-hydrogen) atoms. The Balaban J connectivity index is 1.52. The summed E-state index contributed by atoms with van der Waals surface area (Å²) in [5.74, 6) is 2.51. The molecule has 11 nitrogen and oxygen atoms in total. The number of nitrogens with one attached hydrogen (secondary N) is 2. The van der Waals surface area contributed by atoms with Crippen LogP contribution in [-0.4, -0.2) is 47.0 Å². The van der Waals surface area contributed by atoms with Crippen molar-refractivity contribution in [2.75, 3.05) is 12.4 Å². The number of rotatable bonds is 6. The average Bonchev–Trinajstić information content (AvgIpc) is 3.54. The normalized spacial score (nSPS) is 11.0. The van der Waals surface area contributed by atoms with Crippen molar-refractivity contribution in [3.8, 4) is 34.7 Å². The van der Waals surface area contributed by atoms with E-state index < -0.39 is 0 Å². The lowest BCUT2D eigenvalue weighted by Gasteiger charge is -2.10. The Morgan fingerprint density at radius 2 is 1.94 bits per heavy atom. The van der Waals surface area contributed by atoms with E-state index in [-0.39, 0.29) is 0 Å². The number of aryl methyl sites for hydroxylation is 2. The van der Waals surface area contributed by atoms with E-state index in [1.807, 2.05) is 44.3 Å². The van der Waals surface area contributed by atoms with Crippen LogP contribution >= 0.6 is 0 Å². The fraction of sp³-hybridized carbons (Fsp3) is 0.143. The van der Waals surface area contributed by atoms with Crippen LogP contribution in [0.5, 0.6) is 5.88 Å². The summed E-state index contributed by atoms with van der Waals surface area (Å²) < 4.78 is 12.8. The molecule has 0 atom stereocenters. The van der Waals surface area contributed by atoms with Crippen molar-refractivity contribution in [3.63, 3.8) is 0 Å². The summed E-state index contributed by atoms with van der Waals surface area (Å²) in [5, 5.41) is 14.4. The molecule has 0 aliphatic heterocycles. The molecule has 0 amide bonds. The third-order valence-corrected chi connectivity index (χ3v) is 4.71. The van der Waals surface area contributed by atoms with Crippen LogP contribution in [0.1, 0.15) is 11.4 Å². The lowest BCUT2D eigenvalue weighted by Crippen LogP contribution is -2.06. The van der Waals surface area contributed by atoms with Gasteiger partial charge in [-0.2, -0.15) is 15.1 Å². The van der Waals surface area contributed by atoms with Crippen LogP contribution in [0, 0.1) is 13.8 Å². The predicted molar refractivity (Wildman–Crippen MR) is 116 cm³/mol.